The number of aliphatic hydroxyl groups is 1. The molecule has 5 heteroatoms. The minimum absolute atomic E-state index is 0.0972. The van der Waals surface area contributed by atoms with Gasteiger partial charge in [-0.3, -0.25) is 0 Å². The lowest BCUT2D eigenvalue weighted by molar-refractivity contribution is 0.0924. The van der Waals surface area contributed by atoms with Crippen molar-refractivity contribution < 1.29 is 19.4 Å². The number of hydrogen-bond donors (Lipinski definition) is 2. The molecular weight excluding hydrogens is 138 g/mol. The van der Waals surface area contributed by atoms with E-state index in [-0.39, 0.29) is 6.61 Å². The number of hydrogen-bond acceptors (Lipinski definition) is 5. The molecule has 0 spiro atoms. The lowest BCUT2D eigenvalue weighted by atomic mass is 10.8. The van der Waals surface area contributed by atoms with Crippen molar-refractivity contribution in [3.63, 3.8) is 0 Å². The third-order valence-electron chi connectivity index (χ3n) is 0.462. The van der Waals surface area contributed by atoms with Crippen LogP contribution in [-0.4, -0.2) is 38.6 Å². The molecule has 0 aromatic heterocycles. The Hall–Kier alpha value is -0.810. The SMILES string of the molecule is COC(=O)OC.NCCO. The van der Waals surface area contributed by atoms with Crippen molar-refractivity contribution in [3.8, 4) is 0 Å². The van der Waals surface area contributed by atoms with E-state index >= 15 is 0 Å². The van der Waals surface area contributed by atoms with Gasteiger partial charge in [-0.2, -0.15) is 0 Å². The zero-order valence-electron chi connectivity index (χ0n) is 6.16. The predicted octanol–water partition coefficient (Wildman–Crippen LogP) is -0.663. The summed E-state index contributed by atoms with van der Waals surface area (Å²) in [4.78, 5) is 9.74. The molecule has 0 aromatic rings. The molecule has 0 amide bonds. The molecule has 0 aliphatic rings. The average molecular weight is 151 g/mol. The second-order valence-electron chi connectivity index (χ2n) is 1.17. The summed E-state index contributed by atoms with van der Waals surface area (Å²) in [6.07, 6.45) is -0.657. The Morgan fingerprint density at radius 2 is 1.80 bits per heavy atom. The van der Waals surface area contributed by atoms with E-state index in [0.29, 0.717) is 6.54 Å². The molecule has 0 radical (unpaired) electrons. The van der Waals surface area contributed by atoms with Gasteiger partial charge in [-0.05, 0) is 0 Å². The molecule has 0 aliphatic heterocycles. The lowest BCUT2D eigenvalue weighted by Gasteiger charge is -1.89. The van der Waals surface area contributed by atoms with Crippen molar-refractivity contribution in [3.05, 3.63) is 0 Å². The van der Waals surface area contributed by atoms with Crippen molar-refractivity contribution in [1.82, 2.24) is 0 Å². The number of nitrogens with two attached hydrogens (primary N) is 1. The summed E-state index contributed by atoms with van der Waals surface area (Å²) in [6, 6.07) is 0. The predicted molar refractivity (Wildman–Crippen MR) is 35.6 cm³/mol. The molecule has 0 saturated carbocycles. The maximum Gasteiger partial charge on any atom is 0.507 e. The van der Waals surface area contributed by atoms with Crippen molar-refractivity contribution >= 4 is 6.16 Å². The van der Waals surface area contributed by atoms with Crippen LogP contribution in [0, 0.1) is 0 Å². The van der Waals surface area contributed by atoms with Gasteiger partial charge in [0.05, 0.1) is 20.8 Å². The molecule has 3 N–H and O–H groups in total. The molecule has 0 aromatic carbocycles. The van der Waals surface area contributed by atoms with Crippen LogP contribution in [0.1, 0.15) is 0 Å². The quantitative estimate of drug-likeness (QED) is 0.486. The zero-order valence-corrected chi connectivity index (χ0v) is 6.16. The molecule has 62 valence electrons. The Morgan fingerprint density at radius 1 is 1.50 bits per heavy atom. The topological polar surface area (TPSA) is 81.8 Å². The van der Waals surface area contributed by atoms with E-state index in [1.165, 1.54) is 14.2 Å². The molecule has 0 saturated heterocycles. The molecule has 0 fully saturated rings. The van der Waals surface area contributed by atoms with Gasteiger partial charge in [0.15, 0.2) is 0 Å². The summed E-state index contributed by atoms with van der Waals surface area (Å²) in [5.74, 6) is 0. The molecule has 0 heterocycles. The van der Waals surface area contributed by atoms with E-state index in [9.17, 15) is 4.79 Å². The summed E-state index contributed by atoms with van der Waals surface area (Å²) in [5, 5.41) is 7.75. The highest BCUT2D eigenvalue weighted by molar-refractivity contribution is 5.59. The van der Waals surface area contributed by atoms with E-state index in [1.807, 2.05) is 0 Å². The van der Waals surface area contributed by atoms with Crippen LogP contribution in [0.5, 0.6) is 0 Å². The first kappa shape index (κ1) is 11.9. The number of carbonyl (C=O) groups excluding carboxylic acids is 1. The Balaban J connectivity index is 0. The summed E-state index contributed by atoms with van der Waals surface area (Å²) in [6.45, 7) is 0.472. The molecular formula is C5H13NO4. The van der Waals surface area contributed by atoms with Crippen LogP contribution < -0.4 is 5.73 Å². The maximum atomic E-state index is 9.74. The highest BCUT2D eigenvalue weighted by Gasteiger charge is 1.88. The Kier molecular flexibility index (Phi) is 13.2. The minimum atomic E-state index is -0.657. The normalized spacial score (nSPS) is 7.20. The van der Waals surface area contributed by atoms with E-state index in [2.05, 4.69) is 9.47 Å². The Bertz CT molecular complexity index is 68.0. The molecule has 0 atom stereocenters. The van der Waals surface area contributed by atoms with E-state index in [0.717, 1.165) is 0 Å². The molecule has 0 rings (SSSR count). The first-order valence-corrected chi connectivity index (χ1v) is 2.65. The fraction of sp³-hybridized carbons (Fsp3) is 0.800. The number of aliphatic hydroxyl groups excluding tert-OH is 1. The molecule has 5 nitrogen and oxygen atoms in total. The number of rotatable bonds is 1. The Labute approximate surface area is 59.7 Å². The van der Waals surface area contributed by atoms with Gasteiger partial charge in [0.2, 0.25) is 0 Å². The highest BCUT2D eigenvalue weighted by atomic mass is 16.7. The summed E-state index contributed by atoms with van der Waals surface area (Å²) >= 11 is 0. The summed E-state index contributed by atoms with van der Waals surface area (Å²) in [5.41, 5.74) is 4.78. The van der Waals surface area contributed by atoms with E-state index < -0.39 is 6.16 Å². The smallest absolute Gasteiger partial charge is 0.438 e. The van der Waals surface area contributed by atoms with Crippen LogP contribution >= 0.6 is 0 Å². The summed E-state index contributed by atoms with van der Waals surface area (Å²) in [7, 11) is 2.51. The largest absolute Gasteiger partial charge is 0.507 e. The van der Waals surface area contributed by atoms with Gasteiger partial charge >= 0.3 is 6.16 Å². The van der Waals surface area contributed by atoms with E-state index in [4.69, 9.17) is 10.8 Å². The van der Waals surface area contributed by atoms with Crippen molar-refractivity contribution in [2.24, 2.45) is 5.73 Å². The fourth-order valence-electron chi connectivity index (χ4n) is 0.0833. The fourth-order valence-corrected chi connectivity index (χ4v) is 0.0833. The van der Waals surface area contributed by atoms with Crippen molar-refractivity contribution in [2.45, 2.75) is 0 Å². The summed E-state index contributed by atoms with van der Waals surface area (Å²) < 4.78 is 8.08. The number of methoxy groups -OCH3 is 2. The van der Waals surface area contributed by atoms with Crippen LogP contribution in [0.15, 0.2) is 0 Å². The van der Waals surface area contributed by atoms with Gasteiger partial charge in [-0.15, -0.1) is 0 Å². The maximum absolute atomic E-state index is 9.74. The first-order chi connectivity index (χ1) is 4.72. The monoisotopic (exact) mass is 151 g/mol. The third kappa shape index (κ3) is 15.7. The second-order valence-corrected chi connectivity index (χ2v) is 1.17. The van der Waals surface area contributed by atoms with Crippen LogP contribution in [0.2, 0.25) is 0 Å². The van der Waals surface area contributed by atoms with Gasteiger partial charge in [0.25, 0.3) is 0 Å². The molecule has 0 aliphatic carbocycles. The first-order valence-electron chi connectivity index (χ1n) is 2.65. The van der Waals surface area contributed by atoms with Crippen LogP contribution in [0.25, 0.3) is 0 Å². The number of ether oxygens (including phenoxy) is 2. The minimum Gasteiger partial charge on any atom is -0.438 e. The van der Waals surface area contributed by atoms with Gasteiger partial charge in [-0.1, -0.05) is 0 Å². The van der Waals surface area contributed by atoms with Crippen LogP contribution in [0.3, 0.4) is 0 Å². The number of carbonyl (C=O) groups is 1. The van der Waals surface area contributed by atoms with Gasteiger partial charge in [0, 0.05) is 6.54 Å². The third-order valence-corrected chi connectivity index (χ3v) is 0.462. The van der Waals surface area contributed by atoms with Crippen molar-refractivity contribution in [1.29, 1.82) is 0 Å². The highest BCUT2D eigenvalue weighted by Crippen LogP contribution is 1.72. The molecule has 0 unspecified atom stereocenters. The lowest BCUT2D eigenvalue weighted by Crippen LogP contribution is -2.02. The average Bonchev–Trinajstić information content (AvgIpc) is 2.03. The standard InChI is InChI=1S/C3H6O3.C2H7NO/c1-5-3(4)6-2;3-1-2-4/h1-2H3;4H,1-3H2. The zero-order chi connectivity index (χ0) is 8.41. The Morgan fingerprint density at radius 3 is 1.80 bits per heavy atom. The van der Waals surface area contributed by atoms with Gasteiger partial charge in [0.1, 0.15) is 0 Å². The van der Waals surface area contributed by atoms with Gasteiger partial charge in [-0.25, -0.2) is 4.79 Å². The molecule has 10 heavy (non-hydrogen) atoms. The second kappa shape index (κ2) is 11.0. The van der Waals surface area contributed by atoms with Gasteiger partial charge < -0.3 is 20.3 Å². The van der Waals surface area contributed by atoms with E-state index in [1.54, 1.807) is 0 Å². The van der Waals surface area contributed by atoms with Crippen LogP contribution in [-0.2, 0) is 9.47 Å². The van der Waals surface area contributed by atoms with Crippen LogP contribution in [0.4, 0.5) is 4.79 Å². The van der Waals surface area contributed by atoms with Crippen molar-refractivity contribution in [2.75, 3.05) is 27.4 Å². The molecule has 0 bridgehead atoms.